The zero-order valence-corrected chi connectivity index (χ0v) is 21.2. The average Bonchev–Trinajstić information content (AvgIpc) is 2.89. The molecule has 2 N–H and O–H groups in total. The van der Waals surface area contributed by atoms with E-state index in [1.165, 1.54) is 37.9 Å². The second-order valence-electron chi connectivity index (χ2n) is 7.82. The maximum atomic E-state index is 12.2. The fourth-order valence-corrected chi connectivity index (χ4v) is 3.95. The van der Waals surface area contributed by atoms with Crippen LogP contribution in [-0.2, 0) is 9.22 Å². The number of hydrogen-bond acceptors (Lipinski definition) is 3. The van der Waals surface area contributed by atoms with E-state index in [-0.39, 0.29) is 5.91 Å². The maximum Gasteiger partial charge on any atom is 0.248 e. The third kappa shape index (κ3) is 8.67. The topological polar surface area (TPSA) is 50.4 Å². The normalized spacial score (nSPS) is 13.2. The summed E-state index contributed by atoms with van der Waals surface area (Å²) in [7, 11) is 1.66. The number of carbonyl (C=O) groups is 1. The van der Waals surface area contributed by atoms with E-state index < -0.39 is 0 Å². The van der Waals surface area contributed by atoms with Gasteiger partial charge in [0.1, 0.15) is 5.75 Å². The monoisotopic (exact) mass is 554 g/mol. The number of amides is 1. The summed E-state index contributed by atoms with van der Waals surface area (Å²) in [6.45, 7) is 2.50. The summed E-state index contributed by atoms with van der Waals surface area (Å²) in [4.78, 5) is 12.2. The lowest BCUT2D eigenvalue weighted by molar-refractivity contribution is -0.111. The summed E-state index contributed by atoms with van der Waals surface area (Å²) in [6, 6.07) is 23.9. The second-order valence-corrected chi connectivity index (χ2v) is 8.58. The van der Waals surface area contributed by atoms with Crippen molar-refractivity contribution in [3.05, 3.63) is 90.0 Å². The van der Waals surface area contributed by atoms with E-state index in [9.17, 15) is 4.79 Å². The van der Waals surface area contributed by atoms with Crippen molar-refractivity contribution in [3.8, 4) is 16.9 Å². The zero-order valence-electron chi connectivity index (χ0n) is 19.0. The molecule has 0 aromatic heterocycles. The molecule has 3 aromatic carbocycles. The Kier molecular flexibility index (Phi) is 10.5. The van der Waals surface area contributed by atoms with Gasteiger partial charge in [-0.05, 0) is 84.6 Å². The summed E-state index contributed by atoms with van der Waals surface area (Å²) in [5.74, 6) is 0.685. The molecule has 1 heterocycles. The van der Waals surface area contributed by atoms with Gasteiger partial charge in [-0.1, -0.05) is 71.5 Å². The van der Waals surface area contributed by atoms with E-state index in [1.54, 1.807) is 13.2 Å². The van der Waals surface area contributed by atoms with Crippen LogP contribution in [0.4, 0.5) is 5.69 Å². The van der Waals surface area contributed by atoms with E-state index in [0.29, 0.717) is 0 Å². The first-order valence-corrected chi connectivity index (χ1v) is 12.8. The number of nitrogens with one attached hydrogen (secondary N) is 2. The molecule has 1 fully saturated rings. The van der Waals surface area contributed by atoms with E-state index in [0.717, 1.165) is 32.6 Å². The molecule has 1 aliphatic rings. The van der Waals surface area contributed by atoms with Gasteiger partial charge in [-0.15, -0.1) is 0 Å². The van der Waals surface area contributed by atoms with Gasteiger partial charge in [-0.2, -0.15) is 0 Å². The first-order chi connectivity index (χ1) is 16.2. The molecule has 1 saturated heterocycles. The Balaban J connectivity index is 0.000000442. The molecular weight excluding hydrogens is 523 g/mol. The summed E-state index contributed by atoms with van der Waals surface area (Å²) in [6.07, 6.45) is 7.59. The number of anilines is 1. The molecule has 3 aromatic rings. The fourth-order valence-electron chi connectivity index (χ4n) is 3.44. The smallest absolute Gasteiger partial charge is 0.248 e. The minimum absolute atomic E-state index is 0.146. The minimum atomic E-state index is -0.146. The van der Waals surface area contributed by atoms with Gasteiger partial charge in [0.2, 0.25) is 5.91 Å². The zero-order chi connectivity index (χ0) is 23.3. The van der Waals surface area contributed by atoms with Crippen LogP contribution in [-0.4, -0.2) is 26.1 Å². The lowest BCUT2D eigenvalue weighted by Crippen LogP contribution is -2.21. The number of hydrogen-bond donors (Lipinski definition) is 2. The van der Waals surface area contributed by atoms with Gasteiger partial charge >= 0.3 is 0 Å². The van der Waals surface area contributed by atoms with Crippen LogP contribution in [0.25, 0.3) is 17.2 Å². The van der Waals surface area contributed by atoms with Crippen LogP contribution in [0.1, 0.15) is 30.4 Å². The van der Waals surface area contributed by atoms with Crippen molar-refractivity contribution in [3.63, 3.8) is 0 Å². The number of halogens is 1. The van der Waals surface area contributed by atoms with Crippen molar-refractivity contribution in [1.29, 1.82) is 0 Å². The number of rotatable bonds is 6. The Morgan fingerprint density at radius 2 is 1.70 bits per heavy atom. The van der Waals surface area contributed by atoms with Gasteiger partial charge < -0.3 is 15.4 Å². The van der Waals surface area contributed by atoms with Crippen molar-refractivity contribution in [1.82, 2.24) is 5.32 Å². The predicted molar refractivity (Wildman–Crippen MR) is 147 cm³/mol. The molecule has 0 aliphatic carbocycles. The Morgan fingerprint density at radius 3 is 2.27 bits per heavy atom. The van der Waals surface area contributed by atoms with E-state index in [4.69, 9.17) is 4.74 Å². The lowest BCUT2D eigenvalue weighted by atomic mass is 10.0. The van der Waals surface area contributed by atoms with Crippen molar-refractivity contribution < 1.29 is 9.53 Å². The van der Waals surface area contributed by atoms with Crippen molar-refractivity contribution >= 4 is 40.3 Å². The molecule has 0 unspecified atom stereocenters. The molecule has 33 heavy (non-hydrogen) atoms. The van der Waals surface area contributed by atoms with E-state index in [1.807, 2.05) is 72.8 Å². The minimum Gasteiger partial charge on any atom is -0.497 e. The highest BCUT2D eigenvalue weighted by molar-refractivity contribution is 14.1. The number of alkyl halides is 1. The SMILES string of the molecule is C1CCNCC1.COc1ccc(-c2cccc(C=CC(=O)Nc3ccc(CI)cc3)c2)cc1. The van der Waals surface area contributed by atoms with Crippen LogP contribution in [0.3, 0.4) is 0 Å². The first-order valence-electron chi connectivity index (χ1n) is 11.3. The van der Waals surface area contributed by atoms with Crippen LogP contribution in [0.5, 0.6) is 5.75 Å². The third-order valence-corrected chi connectivity index (χ3v) is 6.20. The Morgan fingerprint density at radius 1 is 0.970 bits per heavy atom. The Labute approximate surface area is 210 Å². The predicted octanol–water partition coefficient (Wildman–Crippen LogP) is 6.71. The lowest BCUT2D eigenvalue weighted by Gasteiger charge is -2.08. The van der Waals surface area contributed by atoms with Crippen LogP contribution >= 0.6 is 22.6 Å². The second kappa shape index (κ2) is 13.8. The van der Waals surface area contributed by atoms with Crippen molar-refractivity contribution in [2.75, 3.05) is 25.5 Å². The molecule has 1 aliphatic heterocycles. The fraction of sp³-hybridized carbons (Fsp3) is 0.250. The number of benzene rings is 3. The number of ether oxygens (including phenoxy) is 1. The van der Waals surface area contributed by atoms with Gasteiger partial charge in [0.05, 0.1) is 7.11 Å². The molecule has 4 nitrogen and oxygen atoms in total. The molecular formula is C28H31IN2O2. The highest BCUT2D eigenvalue weighted by Gasteiger charge is 2.01. The largest absolute Gasteiger partial charge is 0.497 e. The van der Waals surface area contributed by atoms with Crippen molar-refractivity contribution in [2.24, 2.45) is 0 Å². The first kappa shape index (κ1) is 25.0. The third-order valence-electron chi connectivity index (χ3n) is 5.32. The molecule has 0 saturated carbocycles. The summed E-state index contributed by atoms with van der Waals surface area (Å²) < 4.78 is 6.15. The number of methoxy groups -OCH3 is 1. The Bertz CT molecular complexity index is 1020. The highest BCUT2D eigenvalue weighted by atomic mass is 127. The van der Waals surface area contributed by atoms with Crippen LogP contribution in [0, 0.1) is 0 Å². The van der Waals surface area contributed by atoms with Crippen LogP contribution in [0.2, 0.25) is 0 Å². The molecule has 0 atom stereocenters. The van der Waals surface area contributed by atoms with E-state index in [2.05, 4.69) is 39.3 Å². The number of carbonyl (C=O) groups excluding carboxylic acids is 1. The summed E-state index contributed by atoms with van der Waals surface area (Å²) in [5, 5.41) is 6.17. The standard InChI is InChI=1S/C23H20INO2.C5H11N/c1-27-22-12-8-19(9-13-22)20-4-2-3-17(15-20)7-14-23(26)25-21-10-5-18(16-24)6-11-21;1-2-4-6-5-3-1/h2-15H,16H2,1H3,(H,25,26);6H,1-5H2. The van der Waals surface area contributed by atoms with E-state index >= 15 is 0 Å². The maximum absolute atomic E-state index is 12.2. The molecule has 4 rings (SSSR count). The highest BCUT2D eigenvalue weighted by Crippen LogP contribution is 2.23. The molecule has 0 bridgehead atoms. The van der Waals surface area contributed by atoms with Gasteiger partial charge in [0.15, 0.2) is 0 Å². The van der Waals surface area contributed by atoms with Gasteiger partial charge in [-0.25, -0.2) is 0 Å². The van der Waals surface area contributed by atoms with Crippen LogP contribution in [0.15, 0.2) is 78.9 Å². The average molecular weight is 554 g/mol. The molecule has 1 amide bonds. The molecule has 5 heteroatoms. The quantitative estimate of drug-likeness (QED) is 0.202. The Hall–Kier alpha value is -2.64. The molecule has 0 spiro atoms. The van der Waals surface area contributed by atoms with Gasteiger partial charge in [0, 0.05) is 16.2 Å². The van der Waals surface area contributed by atoms with Gasteiger partial charge in [-0.3, -0.25) is 4.79 Å². The summed E-state index contributed by atoms with van der Waals surface area (Å²) in [5.41, 5.74) is 5.20. The molecule has 0 radical (unpaired) electrons. The molecule has 172 valence electrons. The van der Waals surface area contributed by atoms with Gasteiger partial charge in [0.25, 0.3) is 0 Å². The van der Waals surface area contributed by atoms with Crippen LogP contribution < -0.4 is 15.4 Å². The van der Waals surface area contributed by atoms with Crippen molar-refractivity contribution in [2.45, 2.75) is 23.7 Å². The summed E-state index contributed by atoms with van der Waals surface area (Å²) >= 11 is 2.32. The number of piperidine rings is 1.